The molecule has 0 amide bonds. The van der Waals surface area contributed by atoms with Crippen LogP contribution in [0.25, 0.3) is 11.0 Å². The molecule has 0 fully saturated rings. The van der Waals surface area contributed by atoms with Crippen LogP contribution in [-0.2, 0) is 13.0 Å². The monoisotopic (exact) mass is 253 g/mol. The summed E-state index contributed by atoms with van der Waals surface area (Å²) >= 11 is 0. The van der Waals surface area contributed by atoms with Gasteiger partial charge >= 0.3 is 0 Å². The van der Waals surface area contributed by atoms with Crippen LogP contribution in [0, 0.1) is 0 Å². The summed E-state index contributed by atoms with van der Waals surface area (Å²) in [4.78, 5) is 4.65. The van der Waals surface area contributed by atoms with Crippen molar-refractivity contribution in [2.24, 2.45) is 5.73 Å². The van der Waals surface area contributed by atoms with E-state index in [1.165, 1.54) is 5.52 Å². The van der Waals surface area contributed by atoms with Crippen LogP contribution < -0.4 is 5.73 Å². The molecule has 0 saturated carbocycles. The van der Waals surface area contributed by atoms with Gasteiger partial charge in [0.05, 0.1) is 11.0 Å². The first-order chi connectivity index (χ1) is 7.76. The van der Waals surface area contributed by atoms with E-state index < -0.39 is 0 Å². The van der Waals surface area contributed by atoms with Crippen molar-refractivity contribution < 1.29 is 0 Å². The highest BCUT2D eigenvalue weighted by molar-refractivity contribution is 5.85. The normalized spacial score (nSPS) is 12.4. The van der Waals surface area contributed by atoms with Crippen LogP contribution in [0.3, 0.4) is 0 Å². The fourth-order valence-corrected chi connectivity index (χ4v) is 2.01. The van der Waals surface area contributed by atoms with Crippen molar-refractivity contribution in [3.63, 3.8) is 0 Å². The number of benzene rings is 1. The number of rotatable bonds is 4. The van der Waals surface area contributed by atoms with Crippen LogP contribution in [0.1, 0.15) is 26.1 Å². The number of halogens is 1. The largest absolute Gasteiger partial charge is 0.328 e. The molecule has 2 aromatic rings. The van der Waals surface area contributed by atoms with E-state index in [4.69, 9.17) is 5.73 Å². The number of hydrogen-bond donors (Lipinski definition) is 1. The maximum absolute atomic E-state index is 6.00. The van der Waals surface area contributed by atoms with E-state index in [2.05, 4.69) is 41.6 Å². The lowest BCUT2D eigenvalue weighted by molar-refractivity contribution is 0.597. The van der Waals surface area contributed by atoms with Gasteiger partial charge in [-0.3, -0.25) is 0 Å². The molecule has 4 heteroatoms. The molecule has 1 aromatic heterocycles. The predicted octanol–water partition coefficient (Wildman–Crippen LogP) is 2.76. The Balaban J connectivity index is 0.00000144. The molecular formula is C13H20ClN3. The van der Waals surface area contributed by atoms with Gasteiger partial charge in [0.2, 0.25) is 0 Å². The fraction of sp³-hybridized carbons (Fsp3) is 0.462. The lowest BCUT2D eigenvalue weighted by atomic mass is 10.1. The van der Waals surface area contributed by atoms with Crippen LogP contribution in [0.15, 0.2) is 24.3 Å². The van der Waals surface area contributed by atoms with E-state index >= 15 is 0 Å². The average Bonchev–Trinajstić information content (AvgIpc) is 2.65. The highest BCUT2D eigenvalue weighted by Gasteiger charge is 2.11. The minimum atomic E-state index is 0. The lowest BCUT2D eigenvalue weighted by Crippen LogP contribution is -2.23. The number of aromatic nitrogens is 2. The summed E-state index contributed by atoms with van der Waals surface area (Å²) in [6.07, 6.45) is 1.85. The van der Waals surface area contributed by atoms with E-state index in [9.17, 15) is 0 Å². The molecule has 0 radical (unpaired) electrons. The maximum atomic E-state index is 6.00. The molecule has 2 N–H and O–H groups in total. The van der Waals surface area contributed by atoms with Gasteiger partial charge in [-0.15, -0.1) is 12.4 Å². The van der Waals surface area contributed by atoms with Gasteiger partial charge in [-0.05, 0) is 25.5 Å². The molecule has 0 spiro atoms. The second kappa shape index (κ2) is 6.03. The molecule has 3 nitrogen and oxygen atoms in total. The molecule has 1 atom stereocenters. The molecule has 0 saturated heterocycles. The summed E-state index contributed by atoms with van der Waals surface area (Å²) in [6.45, 7) is 5.21. The molecule has 0 bridgehead atoms. The number of aryl methyl sites for hydroxylation is 1. The minimum Gasteiger partial charge on any atom is -0.328 e. The third-order valence-corrected chi connectivity index (χ3v) is 3.02. The van der Waals surface area contributed by atoms with Gasteiger partial charge < -0.3 is 10.3 Å². The van der Waals surface area contributed by atoms with Gasteiger partial charge in [-0.1, -0.05) is 19.1 Å². The number of nitrogens with zero attached hydrogens (tertiary/aromatic N) is 2. The number of hydrogen-bond acceptors (Lipinski definition) is 2. The molecule has 17 heavy (non-hydrogen) atoms. The Kier molecular flexibility index (Phi) is 4.97. The first-order valence-corrected chi connectivity index (χ1v) is 5.96. The Labute approximate surface area is 108 Å². The van der Waals surface area contributed by atoms with Gasteiger partial charge in [0.15, 0.2) is 0 Å². The molecule has 0 aliphatic carbocycles. The molecule has 1 aromatic carbocycles. The topological polar surface area (TPSA) is 43.8 Å². The maximum Gasteiger partial charge on any atom is 0.111 e. The first-order valence-electron chi connectivity index (χ1n) is 5.96. The second-order valence-electron chi connectivity index (χ2n) is 4.13. The molecular weight excluding hydrogens is 234 g/mol. The van der Waals surface area contributed by atoms with E-state index in [0.29, 0.717) is 0 Å². The molecule has 0 aliphatic rings. The summed E-state index contributed by atoms with van der Waals surface area (Å²) in [5, 5.41) is 0. The van der Waals surface area contributed by atoms with Crippen molar-refractivity contribution in [3.8, 4) is 0 Å². The van der Waals surface area contributed by atoms with Gasteiger partial charge in [-0.2, -0.15) is 0 Å². The number of fused-ring (bicyclic) bond motifs is 1. The Morgan fingerprint density at radius 3 is 2.65 bits per heavy atom. The van der Waals surface area contributed by atoms with Gasteiger partial charge in [-0.25, -0.2) is 4.98 Å². The number of imidazole rings is 1. The predicted molar refractivity (Wildman–Crippen MR) is 74.6 cm³/mol. The zero-order valence-electron chi connectivity index (χ0n) is 10.4. The van der Waals surface area contributed by atoms with E-state index in [0.717, 1.165) is 30.7 Å². The summed E-state index contributed by atoms with van der Waals surface area (Å²) < 4.78 is 2.25. The van der Waals surface area contributed by atoms with Crippen LogP contribution >= 0.6 is 12.4 Å². The van der Waals surface area contributed by atoms with Crippen LogP contribution in [0.5, 0.6) is 0 Å². The lowest BCUT2D eigenvalue weighted by Gasteiger charge is -2.10. The van der Waals surface area contributed by atoms with Gasteiger partial charge in [0.1, 0.15) is 5.82 Å². The third kappa shape index (κ3) is 2.79. The zero-order chi connectivity index (χ0) is 11.5. The Morgan fingerprint density at radius 2 is 2.00 bits per heavy atom. The SMILES string of the molecule is CCC(N)Cc1nc2ccccc2n1CC.Cl. The zero-order valence-corrected chi connectivity index (χ0v) is 11.2. The Morgan fingerprint density at radius 1 is 1.29 bits per heavy atom. The first kappa shape index (κ1) is 14.0. The van der Waals surface area contributed by atoms with E-state index in [-0.39, 0.29) is 18.4 Å². The van der Waals surface area contributed by atoms with Crippen LogP contribution in [0.4, 0.5) is 0 Å². The quantitative estimate of drug-likeness (QED) is 0.911. The molecule has 1 unspecified atom stereocenters. The minimum absolute atomic E-state index is 0. The van der Waals surface area contributed by atoms with Crippen molar-refractivity contribution in [2.45, 2.75) is 39.3 Å². The smallest absolute Gasteiger partial charge is 0.111 e. The third-order valence-electron chi connectivity index (χ3n) is 3.02. The number of nitrogens with two attached hydrogens (primary N) is 1. The molecule has 94 valence electrons. The van der Waals surface area contributed by atoms with Crippen molar-refractivity contribution in [2.75, 3.05) is 0 Å². The van der Waals surface area contributed by atoms with Gasteiger partial charge in [0.25, 0.3) is 0 Å². The summed E-state index contributed by atoms with van der Waals surface area (Å²) in [5.74, 6) is 1.11. The van der Waals surface area contributed by atoms with Crippen LogP contribution in [-0.4, -0.2) is 15.6 Å². The average molecular weight is 254 g/mol. The highest BCUT2D eigenvalue weighted by atomic mass is 35.5. The molecule has 2 rings (SSSR count). The van der Waals surface area contributed by atoms with Gasteiger partial charge in [0, 0.05) is 19.0 Å². The summed E-state index contributed by atoms with van der Waals surface area (Å²) in [6, 6.07) is 8.47. The standard InChI is InChI=1S/C13H19N3.ClH/c1-3-10(14)9-13-15-11-7-5-6-8-12(11)16(13)4-2;/h5-8,10H,3-4,9,14H2,1-2H3;1H. The summed E-state index contributed by atoms with van der Waals surface area (Å²) in [5.41, 5.74) is 8.28. The Bertz CT molecular complexity index is 478. The Hall–Kier alpha value is -1.06. The molecule has 1 heterocycles. The van der Waals surface area contributed by atoms with E-state index in [1.807, 2.05) is 6.07 Å². The van der Waals surface area contributed by atoms with Crippen molar-refractivity contribution in [1.82, 2.24) is 9.55 Å². The van der Waals surface area contributed by atoms with Crippen molar-refractivity contribution >= 4 is 23.4 Å². The fourth-order valence-electron chi connectivity index (χ4n) is 2.01. The highest BCUT2D eigenvalue weighted by Crippen LogP contribution is 2.17. The number of para-hydroxylation sites is 2. The van der Waals surface area contributed by atoms with E-state index in [1.54, 1.807) is 0 Å². The van der Waals surface area contributed by atoms with Crippen molar-refractivity contribution in [1.29, 1.82) is 0 Å². The second-order valence-corrected chi connectivity index (χ2v) is 4.13. The molecule has 0 aliphatic heterocycles. The van der Waals surface area contributed by atoms with Crippen LogP contribution in [0.2, 0.25) is 0 Å². The van der Waals surface area contributed by atoms with Crippen molar-refractivity contribution in [3.05, 3.63) is 30.1 Å². The summed E-state index contributed by atoms with van der Waals surface area (Å²) in [7, 11) is 0.